The van der Waals surface area contributed by atoms with Crippen LogP contribution in [0.1, 0.15) is 116 Å². The van der Waals surface area contributed by atoms with Gasteiger partial charge in [-0.2, -0.15) is 0 Å². The van der Waals surface area contributed by atoms with Crippen molar-refractivity contribution in [1.82, 2.24) is 0 Å². The Morgan fingerprint density at radius 2 is 0.650 bits per heavy atom. The van der Waals surface area contributed by atoms with E-state index in [-0.39, 0.29) is 0 Å². The summed E-state index contributed by atoms with van der Waals surface area (Å²) in [7, 11) is 0. The third-order valence-electron chi connectivity index (χ3n) is 4.26. The van der Waals surface area contributed by atoms with Crippen molar-refractivity contribution in [2.24, 2.45) is 0 Å². The molecule has 20 heavy (non-hydrogen) atoms. The Hall–Kier alpha value is 0.818. The normalized spacial score (nSPS) is 11.1. The first kappa shape index (κ1) is 20.8. The van der Waals surface area contributed by atoms with Crippen LogP contribution in [-0.2, 0) is 0 Å². The Morgan fingerprint density at radius 1 is 0.400 bits per heavy atom. The molecule has 0 saturated heterocycles. The van der Waals surface area contributed by atoms with Crippen LogP contribution in [0.15, 0.2) is 0 Å². The Kier molecular flexibility index (Phi) is 20.6. The minimum atomic E-state index is 1.37. The summed E-state index contributed by atoms with van der Waals surface area (Å²) in [5.74, 6) is 0. The van der Waals surface area contributed by atoms with Gasteiger partial charge in [0.15, 0.2) is 0 Å². The second-order valence-corrected chi connectivity index (χ2v) is 7.66. The number of hydrogen-bond acceptors (Lipinski definition) is 0. The molecular weight excluding hydrogens is 350 g/mol. The Labute approximate surface area is 143 Å². The summed E-state index contributed by atoms with van der Waals surface area (Å²) in [5.41, 5.74) is 0. The molecule has 0 fully saturated rings. The van der Waals surface area contributed by atoms with Gasteiger partial charge in [0, 0.05) is 0 Å². The summed E-state index contributed by atoms with van der Waals surface area (Å²) >= 11 is 1.98. The van der Waals surface area contributed by atoms with E-state index in [0.29, 0.717) is 0 Å². The van der Waals surface area contributed by atoms with Gasteiger partial charge in [-0.05, 0) is 0 Å². The van der Waals surface area contributed by atoms with Crippen molar-refractivity contribution >= 4 is 23.0 Å². The fraction of sp³-hybridized carbons (Fsp3) is 1.00. The van der Waals surface area contributed by atoms with Crippen molar-refractivity contribution in [3.8, 4) is 0 Å². The van der Waals surface area contributed by atoms with Gasteiger partial charge in [-0.1, -0.05) is 45.4 Å². The van der Waals surface area contributed by atoms with Gasteiger partial charge in [0.2, 0.25) is 0 Å². The van der Waals surface area contributed by atoms with Gasteiger partial charge in [-0.15, -0.1) is 0 Å². The number of rotatable bonds is 17. The zero-order chi connectivity index (χ0) is 14.7. The molecule has 0 N–H and O–H groups in total. The van der Waals surface area contributed by atoms with E-state index >= 15 is 0 Å². The van der Waals surface area contributed by atoms with Gasteiger partial charge < -0.3 is 0 Å². The van der Waals surface area contributed by atoms with Crippen molar-refractivity contribution in [3.05, 3.63) is 0 Å². The topological polar surface area (TPSA) is 0 Å². The molecule has 0 spiro atoms. The molecule has 2 radical (unpaired) electrons. The molecule has 0 atom stereocenters. The van der Waals surface area contributed by atoms with E-state index in [4.69, 9.17) is 0 Å². The van der Waals surface area contributed by atoms with Crippen molar-refractivity contribution in [2.75, 3.05) is 0 Å². The third-order valence-corrected chi connectivity index (χ3v) is 5.16. The van der Waals surface area contributed by atoms with Crippen LogP contribution in [0, 0.1) is 0 Å². The molecule has 0 unspecified atom stereocenters. The monoisotopic (exact) mass is 388 g/mol. The summed E-state index contributed by atoms with van der Waals surface area (Å²) in [6.07, 6.45) is 25.1. The maximum absolute atomic E-state index is 2.30. The summed E-state index contributed by atoms with van der Waals surface area (Å²) in [5, 5.41) is 0. The van der Waals surface area contributed by atoms with Crippen LogP contribution in [0.4, 0.5) is 0 Å². The Bertz CT molecular complexity index is 138. The van der Waals surface area contributed by atoms with E-state index in [1.807, 2.05) is 23.0 Å². The van der Waals surface area contributed by atoms with Crippen LogP contribution in [0.25, 0.3) is 0 Å². The SMILES string of the molecule is CCCCCCCCCCCCCCCCCC[CH2][Sb]. The first-order chi connectivity index (χ1) is 9.91. The average molecular weight is 389 g/mol. The molecule has 1 heteroatoms. The molecule has 0 aromatic carbocycles. The molecule has 0 aromatic rings. The van der Waals surface area contributed by atoms with Crippen molar-refractivity contribution in [3.63, 3.8) is 0 Å². The molecule has 0 heterocycles. The van der Waals surface area contributed by atoms with Crippen molar-refractivity contribution in [1.29, 1.82) is 0 Å². The van der Waals surface area contributed by atoms with E-state index in [0.717, 1.165) is 0 Å². The fourth-order valence-electron chi connectivity index (χ4n) is 2.84. The maximum atomic E-state index is 2.30. The molecule has 120 valence electrons. The molecule has 0 nitrogen and oxygen atoms in total. The number of unbranched alkanes of at least 4 members (excludes halogenated alkanes) is 16. The zero-order valence-corrected chi connectivity index (χ0v) is 16.7. The van der Waals surface area contributed by atoms with E-state index in [1.165, 1.54) is 114 Å². The summed E-state index contributed by atoms with van der Waals surface area (Å²) in [6, 6.07) is 0. The fourth-order valence-corrected chi connectivity index (χ4v) is 3.47. The quantitative estimate of drug-likeness (QED) is 0.182. The average Bonchev–Trinajstić information content (AvgIpc) is 2.47. The van der Waals surface area contributed by atoms with Crippen molar-refractivity contribution in [2.45, 2.75) is 120 Å². The zero-order valence-electron chi connectivity index (χ0n) is 14.2. The van der Waals surface area contributed by atoms with Gasteiger partial charge in [0.05, 0.1) is 0 Å². The molecule has 0 aromatic heterocycles. The molecule has 0 bridgehead atoms. The van der Waals surface area contributed by atoms with Crippen LogP contribution in [0.2, 0.25) is 4.37 Å². The van der Waals surface area contributed by atoms with Gasteiger partial charge in [-0.3, -0.25) is 0 Å². The standard InChI is InChI=1S/C19H39.Sb/c1-3-5-7-9-11-13-15-17-19-18-16-14-12-10-8-6-4-2;/h1,3-19H2,2H3;. The molecule has 0 amide bonds. The predicted molar refractivity (Wildman–Crippen MR) is 94.7 cm³/mol. The van der Waals surface area contributed by atoms with Crippen LogP contribution in [-0.4, -0.2) is 23.0 Å². The number of hydrogen-bond donors (Lipinski definition) is 0. The molecular formula is C19H39Sb. The van der Waals surface area contributed by atoms with Crippen molar-refractivity contribution < 1.29 is 0 Å². The molecule has 0 aliphatic carbocycles. The van der Waals surface area contributed by atoms with Crippen LogP contribution in [0.5, 0.6) is 0 Å². The van der Waals surface area contributed by atoms with Gasteiger partial charge in [0.25, 0.3) is 0 Å². The Balaban J connectivity index is 2.89. The van der Waals surface area contributed by atoms with Crippen LogP contribution >= 0.6 is 0 Å². The second-order valence-electron chi connectivity index (χ2n) is 6.38. The predicted octanol–water partition coefficient (Wildman–Crippen LogP) is 7.22. The second kappa shape index (κ2) is 19.8. The summed E-state index contributed by atoms with van der Waals surface area (Å²) < 4.78 is 1.42. The molecule has 0 aliphatic heterocycles. The first-order valence-electron chi connectivity index (χ1n) is 9.52. The van der Waals surface area contributed by atoms with Gasteiger partial charge in [0.1, 0.15) is 0 Å². The minimum absolute atomic E-state index is 1.37. The summed E-state index contributed by atoms with van der Waals surface area (Å²) in [4.78, 5) is 0. The molecule has 0 aliphatic rings. The van der Waals surface area contributed by atoms with Crippen LogP contribution < -0.4 is 0 Å². The molecule has 0 rings (SSSR count). The van der Waals surface area contributed by atoms with Gasteiger partial charge in [-0.25, -0.2) is 0 Å². The van der Waals surface area contributed by atoms with E-state index in [2.05, 4.69) is 6.92 Å². The first-order valence-corrected chi connectivity index (χ1v) is 11.3. The van der Waals surface area contributed by atoms with Gasteiger partial charge >= 0.3 is 98.0 Å². The summed E-state index contributed by atoms with van der Waals surface area (Å²) in [6.45, 7) is 2.30. The third kappa shape index (κ3) is 18.8. The molecule has 0 saturated carbocycles. The Morgan fingerprint density at radius 3 is 0.900 bits per heavy atom. The van der Waals surface area contributed by atoms with E-state index in [1.54, 1.807) is 0 Å². The van der Waals surface area contributed by atoms with E-state index in [9.17, 15) is 0 Å². The van der Waals surface area contributed by atoms with E-state index < -0.39 is 0 Å². The van der Waals surface area contributed by atoms with Crippen LogP contribution in [0.3, 0.4) is 0 Å².